The molecule has 0 fully saturated rings. The van der Waals surface area contributed by atoms with Crippen molar-refractivity contribution in [1.29, 1.82) is 0 Å². The van der Waals surface area contributed by atoms with Gasteiger partial charge in [0.2, 0.25) is 0 Å². The summed E-state index contributed by atoms with van der Waals surface area (Å²) in [7, 11) is 0. The lowest BCUT2D eigenvalue weighted by Crippen LogP contribution is -2.04. The third-order valence-electron chi connectivity index (χ3n) is 5.54. The van der Waals surface area contributed by atoms with Gasteiger partial charge in [0.1, 0.15) is 17.3 Å². The van der Waals surface area contributed by atoms with E-state index in [2.05, 4.69) is 10.2 Å². The number of H-pyrrole nitrogens is 1. The number of benzene rings is 3. The molecule has 170 valence electrons. The molecule has 0 radical (unpaired) electrons. The van der Waals surface area contributed by atoms with Crippen LogP contribution in [0, 0.1) is 6.92 Å². The van der Waals surface area contributed by atoms with E-state index in [1.54, 1.807) is 24.3 Å². The van der Waals surface area contributed by atoms with Crippen LogP contribution in [0.1, 0.15) is 11.1 Å². The molecule has 0 aliphatic heterocycles. The lowest BCUT2D eigenvalue weighted by atomic mass is 10.0. The maximum Gasteiger partial charge on any atom is 0.416 e. The first kappa shape index (κ1) is 21.6. The van der Waals surface area contributed by atoms with Gasteiger partial charge >= 0.3 is 6.18 Å². The normalized spacial score (nSPS) is 11.6. The number of phenols is 1. The van der Waals surface area contributed by atoms with Crippen molar-refractivity contribution in [3.63, 3.8) is 0 Å². The van der Waals surface area contributed by atoms with E-state index in [-0.39, 0.29) is 5.75 Å². The molecule has 0 saturated carbocycles. The van der Waals surface area contributed by atoms with Crippen molar-refractivity contribution >= 4 is 0 Å². The third-order valence-corrected chi connectivity index (χ3v) is 5.54. The Balaban J connectivity index is 1.45. The number of alkyl halides is 3. The van der Waals surface area contributed by atoms with Crippen LogP contribution >= 0.6 is 0 Å². The predicted octanol–water partition coefficient (Wildman–Crippen LogP) is 7.70. The number of nitrogens with zero attached hydrogens (tertiary/aromatic N) is 1. The fourth-order valence-corrected chi connectivity index (χ4v) is 3.80. The molecule has 34 heavy (non-hydrogen) atoms. The summed E-state index contributed by atoms with van der Waals surface area (Å²) in [6, 6.07) is 23.2. The highest BCUT2D eigenvalue weighted by atomic mass is 19.4. The van der Waals surface area contributed by atoms with Gasteiger partial charge in [-0.3, -0.25) is 5.10 Å². The molecule has 2 N–H and O–H groups in total. The molecule has 0 amide bonds. The molecule has 0 atom stereocenters. The summed E-state index contributed by atoms with van der Waals surface area (Å²) in [5.74, 6) is 1.04. The van der Waals surface area contributed by atoms with Crippen molar-refractivity contribution < 1.29 is 22.7 Å². The summed E-state index contributed by atoms with van der Waals surface area (Å²) in [6.07, 6.45) is -4.42. The van der Waals surface area contributed by atoms with Crippen LogP contribution in [0.3, 0.4) is 0 Å². The molecular weight excluding hydrogens is 441 g/mol. The Kier molecular flexibility index (Phi) is 5.24. The first-order chi connectivity index (χ1) is 16.3. The van der Waals surface area contributed by atoms with Crippen molar-refractivity contribution in [3.8, 4) is 50.9 Å². The first-order valence-corrected chi connectivity index (χ1v) is 10.5. The predicted molar refractivity (Wildman–Crippen MR) is 124 cm³/mol. The number of aromatic hydroxyl groups is 1. The van der Waals surface area contributed by atoms with E-state index < -0.39 is 11.7 Å². The van der Waals surface area contributed by atoms with Crippen LogP contribution in [-0.4, -0.2) is 15.3 Å². The SMILES string of the molecule is Cc1ccc(O)c(-c2cc(-c3cccc(-c4ccc(-c5cccc(C(F)(F)F)c5)o4)c3)n[nH]2)c1. The molecule has 0 aliphatic rings. The van der Waals surface area contributed by atoms with Crippen molar-refractivity contribution in [3.05, 3.63) is 96.1 Å². The number of halogens is 3. The second kappa shape index (κ2) is 8.26. The van der Waals surface area contributed by atoms with E-state index in [1.165, 1.54) is 6.07 Å². The minimum atomic E-state index is -4.42. The number of phenolic OH excluding ortho intramolecular Hbond substituents is 1. The Bertz CT molecular complexity index is 1480. The van der Waals surface area contributed by atoms with Gasteiger partial charge in [-0.1, -0.05) is 42.0 Å². The molecule has 4 nitrogen and oxygen atoms in total. The van der Waals surface area contributed by atoms with Crippen molar-refractivity contribution in [2.75, 3.05) is 0 Å². The Morgan fingerprint density at radius 2 is 1.47 bits per heavy atom. The van der Waals surface area contributed by atoms with E-state index in [4.69, 9.17) is 4.42 Å². The first-order valence-electron chi connectivity index (χ1n) is 10.5. The molecule has 2 heterocycles. The number of hydrogen-bond acceptors (Lipinski definition) is 3. The minimum absolute atomic E-state index is 0.159. The Morgan fingerprint density at radius 3 is 2.21 bits per heavy atom. The van der Waals surface area contributed by atoms with Crippen molar-refractivity contribution in [2.24, 2.45) is 0 Å². The summed E-state index contributed by atoms with van der Waals surface area (Å²) in [5.41, 5.74) is 4.26. The van der Waals surface area contributed by atoms with E-state index in [1.807, 2.05) is 49.4 Å². The molecule has 0 saturated heterocycles. The van der Waals surface area contributed by atoms with Crippen molar-refractivity contribution in [1.82, 2.24) is 10.2 Å². The summed E-state index contributed by atoms with van der Waals surface area (Å²) in [5, 5.41) is 17.5. The average molecular weight is 460 g/mol. The number of aromatic nitrogens is 2. The van der Waals surface area contributed by atoms with Gasteiger partial charge in [-0.15, -0.1) is 0 Å². The van der Waals surface area contributed by atoms with Gasteiger partial charge in [0, 0.05) is 22.3 Å². The second-order valence-electron chi connectivity index (χ2n) is 8.01. The van der Waals surface area contributed by atoms with Gasteiger partial charge < -0.3 is 9.52 Å². The molecule has 3 aromatic carbocycles. The molecule has 0 spiro atoms. The molecular formula is C27H19F3N2O2. The maximum atomic E-state index is 13.1. The standard InChI is InChI=1S/C27H19F3N2O2/c1-16-8-9-24(33)21(12-16)23-15-22(31-32-23)17-4-2-5-18(13-17)25-10-11-26(34-25)19-6-3-7-20(14-19)27(28,29)30/h2-15,33H,1H3,(H,31,32). The molecule has 5 aromatic rings. The molecule has 0 aliphatic carbocycles. The van der Waals surface area contributed by atoms with Crippen LogP contribution in [0.4, 0.5) is 13.2 Å². The van der Waals surface area contributed by atoms with E-state index in [0.717, 1.165) is 28.8 Å². The van der Waals surface area contributed by atoms with Gasteiger partial charge in [-0.2, -0.15) is 18.3 Å². The van der Waals surface area contributed by atoms with Crippen molar-refractivity contribution in [2.45, 2.75) is 13.1 Å². The number of furan rings is 1. The largest absolute Gasteiger partial charge is 0.507 e. The smallest absolute Gasteiger partial charge is 0.416 e. The van der Waals surface area contributed by atoms with Crippen LogP contribution in [0.2, 0.25) is 0 Å². The third kappa shape index (κ3) is 4.20. The zero-order valence-electron chi connectivity index (χ0n) is 18.0. The topological polar surface area (TPSA) is 62.1 Å². The second-order valence-corrected chi connectivity index (χ2v) is 8.01. The number of aromatic amines is 1. The van der Waals surface area contributed by atoms with E-state index in [0.29, 0.717) is 34.0 Å². The number of rotatable bonds is 4. The Morgan fingerprint density at radius 1 is 0.794 bits per heavy atom. The number of aryl methyl sites for hydroxylation is 1. The monoisotopic (exact) mass is 460 g/mol. The molecule has 0 bridgehead atoms. The van der Waals surface area contributed by atoms with Gasteiger partial charge in [-0.25, -0.2) is 0 Å². The maximum absolute atomic E-state index is 13.1. The minimum Gasteiger partial charge on any atom is -0.507 e. The summed E-state index contributed by atoms with van der Waals surface area (Å²) >= 11 is 0. The highest BCUT2D eigenvalue weighted by Gasteiger charge is 2.30. The molecule has 2 aromatic heterocycles. The zero-order valence-corrected chi connectivity index (χ0v) is 18.0. The lowest BCUT2D eigenvalue weighted by Gasteiger charge is -2.07. The summed E-state index contributed by atoms with van der Waals surface area (Å²) in [4.78, 5) is 0. The summed E-state index contributed by atoms with van der Waals surface area (Å²) in [6.45, 7) is 1.95. The van der Waals surface area contributed by atoms with Gasteiger partial charge in [0.05, 0.1) is 17.0 Å². The lowest BCUT2D eigenvalue weighted by molar-refractivity contribution is -0.137. The average Bonchev–Trinajstić information content (AvgIpc) is 3.51. The van der Waals surface area contributed by atoms with E-state index in [9.17, 15) is 18.3 Å². The van der Waals surface area contributed by atoms with Gasteiger partial charge in [0.15, 0.2) is 0 Å². The number of hydrogen-bond donors (Lipinski definition) is 2. The van der Waals surface area contributed by atoms with Gasteiger partial charge in [0.25, 0.3) is 0 Å². The molecule has 7 heteroatoms. The fourth-order valence-electron chi connectivity index (χ4n) is 3.80. The molecule has 0 unspecified atom stereocenters. The van der Waals surface area contributed by atoms with Crippen LogP contribution in [0.15, 0.2) is 89.3 Å². The molecule has 5 rings (SSSR count). The Labute approximate surface area is 193 Å². The van der Waals surface area contributed by atoms with Crippen LogP contribution in [0.25, 0.3) is 45.2 Å². The highest BCUT2D eigenvalue weighted by molar-refractivity contribution is 5.75. The summed E-state index contributed by atoms with van der Waals surface area (Å²) < 4.78 is 45.1. The zero-order chi connectivity index (χ0) is 23.9. The number of nitrogens with one attached hydrogen (secondary N) is 1. The highest BCUT2D eigenvalue weighted by Crippen LogP contribution is 2.35. The van der Waals surface area contributed by atoms with Crippen LogP contribution < -0.4 is 0 Å². The van der Waals surface area contributed by atoms with E-state index >= 15 is 0 Å². The van der Waals surface area contributed by atoms with Crippen LogP contribution in [-0.2, 0) is 6.18 Å². The van der Waals surface area contributed by atoms with Crippen LogP contribution in [0.5, 0.6) is 5.75 Å². The fraction of sp³-hybridized carbons (Fsp3) is 0.0741. The Hall–Kier alpha value is -4.26. The van der Waals surface area contributed by atoms with Gasteiger partial charge in [-0.05, 0) is 55.5 Å². The quantitative estimate of drug-likeness (QED) is 0.289.